The van der Waals surface area contributed by atoms with Gasteiger partial charge in [-0.05, 0) is 43.7 Å². The molecule has 2 heterocycles. The monoisotopic (exact) mass is 381 g/mol. The Kier molecular flexibility index (Phi) is 5.93. The first-order valence-corrected chi connectivity index (χ1v) is 8.87. The second-order valence-electron chi connectivity index (χ2n) is 6.28. The lowest BCUT2D eigenvalue weighted by Crippen LogP contribution is -2.25. The summed E-state index contributed by atoms with van der Waals surface area (Å²) < 4.78 is 18.1. The molecule has 0 unspecified atom stereocenters. The first-order valence-electron chi connectivity index (χ1n) is 8.87. The van der Waals surface area contributed by atoms with Gasteiger partial charge in [0.05, 0.1) is 20.3 Å². The van der Waals surface area contributed by atoms with Crippen molar-refractivity contribution in [1.29, 1.82) is 0 Å². The maximum Gasteiger partial charge on any atom is 0.254 e. The third-order valence-electron chi connectivity index (χ3n) is 4.50. The minimum atomic E-state index is -0.182. The fraction of sp³-hybridized carbons (Fsp3) is 0.286. The van der Waals surface area contributed by atoms with Gasteiger partial charge >= 0.3 is 0 Å². The molecule has 7 heteroatoms. The van der Waals surface area contributed by atoms with E-state index in [4.69, 9.17) is 14.2 Å². The van der Waals surface area contributed by atoms with Crippen LogP contribution < -0.4 is 19.8 Å². The average molecular weight is 381 g/mol. The van der Waals surface area contributed by atoms with E-state index in [1.165, 1.54) is 6.07 Å². The van der Waals surface area contributed by atoms with Gasteiger partial charge < -0.3 is 18.8 Å². The zero-order chi connectivity index (χ0) is 20.1. The Morgan fingerprint density at radius 3 is 2.39 bits per heavy atom. The first kappa shape index (κ1) is 19.4. The van der Waals surface area contributed by atoms with Gasteiger partial charge in [-0.25, -0.2) is 9.97 Å². The van der Waals surface area contributed by atoms with Crippen molar-refractivity contribution in [1.82, 2.24) is 14.5 Å². The second kappa shape index (κ2) is 8.56. The molecule has 0 saturated carbocycles. The van der Waals surface area contributed by atoms with Crippen molar-refractivity contribution in [2.24, 2.45) is 0 Å². The summed E-state index contributed by atoms with van der Waals surface area (Å²) in [5.74, 6) is 2.32. The average Bonchev–Trinajstić information content (AvgIpc) is 2.71. The first-order chi connectivity index (χ1) is 13.5. The molecule has 2 aromatic heterocycles. The van der Waals surface area contributed by atoms with E-state index in [9.17, 15) is 4.79 Å². The smallest absolute Gasteiger partial charge is 0.254 e. The van der Waals surface area contributed by atoms with E-state index in [1.807, 2.05) is 38.1 Å². The molecule has 146 valence electrons. The highest BCUT2D eigenvalue weighted by Gasteiger charge is 2.16. The van der Waals surface area contributed by atoms with Crippen molar-refractivity contribution in [2.45, 2.75) is 26.5 Å². The minimum absolute atomic E-state index is 0.147. The number of nitrogens with zero attached hydrogens (tertiary/aromatic N) is 3. The fourth-order valence-electron chi connectivity index (χ4n) is 3.08. The molecular weight excluding hydrogens is 358 g/mol. The molecule has 0 aliphatic heterocycles. The number of ether oxygens (including phenoxy) is 3. The van der Waals surface area contributed by atoms with Crippen LogP contribution in [-0.4, -0.2) is 28.8 Å². The van der Waals surface area contributed by atoms with E-state index in [1.54, 1.807) is 37.2 Å². The molecule has 0 bridgehead atoms. The Hall–Kier alpha value is -3.35. The summed E-state index contributed by atoms with van der Waals surface area (Å²) in [6, 6.07) is 10.5. The van der Waals surface area contributed by atoms with Crippen LogP contribution in [0.3, 0.4) is 0 Å². The molecule has 0 amide bonds. The van der Waals surface area contributed by atoms with E-state index in [2.05, 4.69) is 9.97 Å². The summed E-state index contributed by atoms with van der Waals surface area (Å²) in [6.45, 7) is 4.05. The zero-order valence-corrected chi connectivity index (χ0v) is 16.4. The molecule has 0 radical (unpaired) electrons. The molecule has 0 N–H and O–H groups in total. The minimum Gasteiger partial charge on any atom is -0.493 e. The molecule has 1 atom stereocenters. The lowest BCUT2D eigenvalue weighted by atomic mass is 10.1. The van der Waals surface area contributed by atoms with Gasteiger partial charge in [-0.2, -0.15) is 0 Å². The van der Waals surface area contributed by atoms with Crippen molar-refractivity contribution < 1.29 is 14.2 Å². The van der Waals surface area contributed by atoms with Crippen molar-refractivity contribution >= 4 is 0 Å². The third-order valence-corrected chi connectivity index (χ3v) is 4.50. The highest BCUT2D eigenvalue weighted by Crippen LogP contribution is 2.31. The summed E-state index contributed by atoms with van der Waals surface area (Å²) in [4.78, 5) is 21.0. The number of hydrogen-bond donors (Lipinski definition) is 0. The molecule has 0 fully saturated rings. The Bertz CT molecular complexity index is 1000. The molecule has 0 spiro atoms. The number of hydrogen-bond acceptors (Lipinski definition) is 6. The number of aromatic nitrogens is 3. The van der Waals surface area contributed by atoms with Gasteiger partial charge in [-0.1, -0.05) is 6.07 Å². The molecule has 0 aliphatic carbocycles. The van der Waals surface area contributed by atoms with Gasteiger partial charge in [-0.3, -0.25) is 4.79 Å². The van der Waals surface area contributed by atoms with Gasteiger partial charge in [0.25, 0.3) is 5.56 Å². The summed E-state index contributed by atoms with van der Waals surface area (Å²) in [6.07, 6.45) is 3.31. The van der Waals surface area contributed by atoms with Gasteiger partial charge in [0, 0.05) is 24.2 Å². The van der Waals surface area contributed by atoms with E-state index in [0.29, 0.717) is 23.1 Å². The van der Waals surface area contributed by atoms with Crippen molar-refractivity contribution in [3.63, 3.8) is 0 Å². The predicted octanol–water partition coefficient (Wildman–Crippen LogP) is 3.15. The van der Waals surface area contributed by atoms with Crippen LogP contribution in [0.2, 0.25) is 0 Å². The van der Waals surface area contributed by atoms with Crippen LogP contribution in [-0.2, 0) is 6.61 Å². The molecule has 1 aromatic carbocycles. The third kappa shape index (κ3) is 4.14. The Balaban J connectivity index is 1.85. The van der Waals surface area contributed by atoms with Crippen molar-refractivity contribution in [2.75, 3.05) is 14.2 Å². The Morgan fingerprint density at radius 2 is 1.75 bits per heavy atom. The van der Waals surface area contributed by atoms with Crippen LogP contribution in [0.15, 0.2) is 53.6 Å². The van der Waals surface area contributed by atoms with Crippen LogP contribution >= 0.6 is 0 Å². The SMILES string of the molecule is COc1ccc([C@@H](C)n2c(C)cc(OCc3ncccn3)cc2=O)cc1OC. The normalized spacial score (nSPS) is 11.7. The maximum atomic E-state index is 12.8. The molecule has 7 nitrogen and oxygen atoms in total. The van der Waals surface area contributed by atoms with Crippen LogP contribution in [0.5, 0.6) is 17.2 Å². The van der Waals surface area contributed by atoms with E-state index in [-0.39, 0.29) is 18.2 Å². The molecule has 0 aliphatic rings. The Morgan fingerprint density at radius 1 is 1.04 bits per heavy atom. The number of rotatable bonds is 7. The van der Waals surface area contributed by atoms with Crippen molar-refractivity contribution in [3.8, 4) is 17.2 Å². The van der Waals surface area contributed by atoms with Gasteiger partial charge in [-0.15, -0.1) is 0 Å². The van der Waals surface area contributed by atoms with Gasteiger partial charge in [0.2, 0.25) is 0 Å². The lowest BCUT2D eigenvalue weighted by Gasteiger charge is -2.20. The number of aryl methyl sites for hydroxylation is 1. The fourth-order valence-corrected chi connectivity index (χ4v) is 3.08. The van der Waals surface area contributed by atoms with Gasteiger partial charge in [0.1, 0.15) is 12.4 Å². The molecule has 3 rings (SSSR count). The van der Waals surface area contributed by atoms with E-state index >= 15 is 0 Å². The lowest BCUT2D eigenvalue weighted by molar-refractivity contribution is 0.294. The predicted molar refractivity (Wildman–Crippen MR) is 105 cm³/mol. The van der Waals surface area contributed by atoms with Crippen LogP contribution in [0.4, 0.5) is 0 Å². The van der Waals surface area contributed by atoms with E-state index < -0.39 is 0 Å². The van der Waals surface area contributed by atoms with E-state index in [0.717, 1.165) is 11.3 Å². The highest BCUT2D eigenvalue weighted by molar-refractivity contribution is 5.44. The van der Waals surface area contributed by atoms with Crippen molar-refractivity contribution in [3.05, 3.63) is 76.2 Å². The number of benzene rings is 1. The molecule has 28 heavy (non-hydrogen) atoms. The molecular formula is C21H23N3O4. The number of methoxy groups -OCH3 is 2. The van der Waals surface area contributed by atoms with Gasteiger partial charge in [0.15, 0.2) is 17.3 Å². The highest BCUT2D eigenvalue weighted by atomic mass is 16.5. The zero-order valence-electron chi connectivity index (χ0n) is 16.4. The second-order valence-corrected chi connectivity index (χ2v) is 6.28. The molecule has 0 saturated heterocycles. The summed E-state index contributed by atoms with van der Waals surface area (Å²) in [7, 11) is 3.18. The maximum absolute atomic E-state index is 12.8. The van der Waals surface area contributed by atoms with Crippen LogP contribution in [0, 0.1) is 6.92 Å². The summed E-state index contributed by atoms with van der Waals surface area (Å²) in [5, 5.41) is 0. The quantitative estimate of drug-likeness (QED) is 0.626. The number of pyridine rings is 1. The Labute approximate surface area is 163 Å². The largest absolute Gasteiger partial charge is 0.493 e. The standard InChI is InChI=1S/C21H23N3O4/c1-14-10-17(28-13-20-22-8-5-9-23-20)12-21(25)24(14)15(2)16-6-7-18(26-3)19(11-16)27-4/h5-12,15H,13H2,1-4H3/t15-/m1/s1. The van der Waals surface area contributed by atoms with Crippen LogP contribution in [0.25, 0.3) is 0 Å². The molecule has 3 aromatic rings. The summed E-state index contributed by atoms with van der Waals surface area (Å²) in [5.41, 5.74) is 1.58. The topological polar surface area (TPSA) is 75.5 Å². The van der Waals surface area contributed by atoms with Crippen LogP contribution in [0.1, 0.15) is 30.0 Å². The summed E-state index contributed by atoms with van der Waals surface area (Å²) >= 11 is 0.